The molecule has 0 unspecified atom stereocenters. The Morgan fingerprint density at radius 2 is 2.00 bits per heavy atom. The number of rotatable bonds is 3. The fraction of sp³-hybridized carbons (Fsp3) is 0.667. The maximum absolute atomic E-state index is 10.9. The van der Waals surface area contributed by atoms with Crippen LogP contribution in [0.1, 0.15) is 0 Å². The fourth-order valence-electron chi connectivity index (χ4n) is 0.504. The van der Waals surface area contributed by atoms with Gasteiger partial charge >= 0.3 is 12.1 Å². The van der Waals surface area contributed by atoms with Crippen LogP contribution >= 0.6 is 22.6 Å². The average molecular weight is 287 g/mol. The van der Waals surface area contributed by atoms with Gasteiger partial charge in [-0.3, -0.25) is 0 Å². The number of hydrogen-bond donors (Lipinski definition) is 1. The Morgan fingerprint density at radius 3 is 2.33 bits per heavy atom. The van der Waals surface area contributed by atoms with Crippen LogP contribution in [0, 0.1) is 0 Å². The van der Waals surface area contributed by atoms with Crippen LogP contribution in [0.5, 0.6) is 0 Å². The standard InChI is InChI=1S/C6H10INO4/c1-11-5(9)4(3-7)8-6(10)12-2/h4H,3H2,1-2H3,(H,8,10)/t4-/m0/s1. The van der Waals surface area contributed by atoms with Crippen LogP contribution in [0.15, 0.2) is 0 Å². The summed E-state index contributed by atoms with van der Waals surface area (Å²) in [5.74, 6) is -0.477. The number of nitrogens with one attached hydrogen (secondary N) is 1. The lowest BCUT2D eigenvalue weighted by Crippen LogP contribution is -2.42. The summed E-state index contributed by atoms with van der Waals surface area (Å²) in [5.41, 5.74) is 0. The van der Waals surface area contributed by atoms with Gasteiger partial charge in [-0.1, -0.05) is 22.6 Å². The van der Waals surface area contributed by atoms with Gasteiger partial charge < -0.3 is 14.8 Å². The van der Waals surface area contributed by atoms with Crippen molar-refractivity contribution in [2.75, 3.05) is 18.6 Å². The molecule has 1 N–H and O–H groups in total. The number of alkyl halides is 1. The van der Waals surface area contributed by atoms with E-state index < -0.39 is 18.1 Å². The van der Waals surface area contributed by atoms with E-state index >= 15 is 0 Å². The van der Waals surface area contributed by atoms with Crippen LogP contribution in [-0.4, -0.2) is 36.8 Å². The van der Waals surface area contributed by atoms with Gasteiger partial charge in [-0.15, -0.1) is 0 Å². The molecule has 0 rings (SSSR count). The van der Waals surface area contributed by atoms with Gasteiger partial charge in [-0.2, -0.15) is 0 Å². The van der Waals surface area contributed by atoms with Crippen LogP contribution in [0.25, 0.3) is 0 Å². The molecule has 0 radical (unpaired) electrons. The topological polar surface area (TPSA) is 64.6 Å². The summed E-state index contributed by atoms with van der Waals surface area (Å²) >= 11 is 1.97. The average Bonchev–Trinajstić information content (AvgIpc) is 2.12. The van der Waals surface area contributed by atoms with Crippen molar-refractivity contribution in [2.45, 2.75) is 6.04 Å². The first kappa shape index (κ1) is 11.5. The zero-order chi connectivity index (χ0) is 9.56. The maximum atomic E-state index is 10.9. The molecular weight excluding hydrogens is 277 g/mol. The smallest absolute Gasteiger partial charge is 0.407 e. The zero-order valence-corrected chi connectivity index (χ0v) is 8.95. The third-order valence-electron chi connectivity index (χ3n) is 1.12. The quantitative estimate of drug-likeness (QED) is 0.461. The van der Waals surface area contributed by atoms with Crippen molar-refractivity contribution in [3.05, 3.63) is 0 Å². The number of carbonyl (C=O) groups is 2. The molecule has 12 heavy (non-hydrogen) atoms. The van der Waals surface area contributed by atoms with E-state index in [0.717, 1.165) is 0 Å². The van der Waals surface area contributed by atoms with Gasteiger partial charge in [0.25, 0.3) is 0 Å². The number of carbonyl (C=O) groups excluding carboxylic acids is 2. The second kappa shape index (κ2) is 6.04. The number of methoxy groups -OCH3 is 2. The summed E-state index contributed by atoms with van der Waals surface area (Å²) in [5, 5.41) is 2.32. The van der Waals surface area contributed by atoms with E-state index in [4.69, 9.17) is 0 Å². The molecule has 0 spiro atoms. The third kappa shape index (κ3) is 3.74. The lowest BCUT2D eigenvalue weighted by Gasteiger charge is -2.11. The van der Waals surface area contributed by atoms with Crippen molar-refractivity contribution in [3.63, 3.8) is 0 Å². The Bertz CT molecular complexity index is 173. The number of alkyl carbamates (subject to hydrolysis) is 1. The highest BCUT2D eigenvalue weighted by molar-refractivity contribution is 14.1. The Balaban J connectivity index is 3.99. The summed E-state index contributed by atoms with van der Waals surface area (Å²) in [4.78, 5) is 21.6. The van der Waals surface area contributed by atoms with Gasteiger partial charge in [0.05, 0.1) is 14.2 Å². The van der Waals surface area contributed by atoms with Crippen LogP contribution in [0.2, 0.25) is 0 Å². The molecule has 6 heteroatoms. The molecule has 0 aromatic rings. The Labute approximate surface area is 83.9 Å². The molecule has 0 bridgehead atoms. The van der Waals surface area contributed by atoms with Crippen molar-refractivity contribution in [2.24, 2.45) is 0 Å². The van der Waals surface area contributed by atoms with Crippen LogP contribution < -0.4 is 5.32 Å². The first-order valence-electron chi connectivity index (χ1n) is 3.14. The van der Waals surface area contributed by atoms with E-state index in [1.165, 1.54) is 14.2 Å². The molecule has 1 amide bonds. The summed E-state index contributed by atoms with van der Waals surface area (Å²) in [6, 6.07) is -0.636. The minimum Gasteiger partial charge on any atom is -0.467 e. The monoisotopic (exact) mass is 287 g/mol. The number of esters is 1. The van der Waals surface area contributed by atoms with Gasteiger partial charge in [0.2, 0.25) is 0 Å². The number of amides is 1. The van der Waals surface area contributed by atoms with E-state index in [9.17, 15) is 9.59 Å². The van der Waals surface area contributed by atoms with Gasteiger partial charge in [0, 0.05) is 4.43 Å². The summed E-state index contributed by atoms with van der Waals surface area (Å²) < 4.78 is 9.19. The summed E-state index contributed by atoms with van der Waals surface area (Å²) in [6.45, 7) is 0. The molecule has 0 saturated heterocycles. The van der Waals surface area contributed by atoms with Crippen LogP contribution in [0.4, 0.5) is 4.79 Å². The van der Waals surface area contributed by atoms with E-state index in [2.05, 4.69) is 14.8 Å². The Kier molecular flexibility index (Phi) is 5.77. The minimum absolute atomic E-state index is 0.444. The normalized spacial score (nSPS) is 11.6. The lowest BCUT2D eigenvalue weighted by molar-refractivity contribution is -0.142. The van der Waals surface area contributed by atoms with Crippen LogP contribution in [0.3, 0.4) is 0 Å². The molecule has 0 saturated carbocycles. The molecule has 5 nitrogen and oxygen atoms in total. The van der Waals surface area contributed by atoms with E-state index in [0.29, 0.717) is 4.43 Å². The molecule has 0 aliphatic rings. The third-order valence-corrected chi connectivity index (χ3v) is 2.00. The molecule has 0 aliphatic carbocycles. The highest BCUT2D eigenvalue weighted by Crippen LogP contribution is 1.94. The lowest BCUT2D eigenvalue weighted by atomic mass is 10.3. The van der Waals surface area contributed by atoms with Crippen molar-refractivity contribution in [1.82, 2.24) is 5.32 Å². The minimum atomic E-state index is -0.637. The molecule has 0 aromatic heterocycles. The molecule has 0 fully saturated rings. The number of hydrogen-bond acceptors (Lipinski definition) is 4. The second-order valence-electron chi connectivity index (χ2n) is 1.87. The number of halogens is 1. The zero-order valence-electron chi connectivity index (χ0n) is 6.80. The van der Waals surface area contributed by atoms with Gasteiger partial charge in [-0.05, 0) is 0 Å². The van der Waals surface area contributed by atoms with Gasteiger partial charge in [-0.25, -0.2) is 9.59 Å². The molecule has 0 aliphatic heterocycles. The molecule has 0 heterocycles. The molecule has 1 atom stereocenters. The first-order chi connectivity index (χ1) is 5.65. The van der Waals surface area contributed by atoms with Crippen molar-refractivity contribution < 1.29 is 19.1 Å². The Hall–Kier alpha value is -0.530. The van der Waals surface area contributed by atoms with Crippen molar-refractivity contribution in [3.8, 4) is 0 Å². The van der Waals surface area contributed by atoms with E-state index in [1.807, 2.05) is 22.6 Å². The van der Waals surface area contributed by atoms with Crippen molar-refractivity contribution in [1.29, 1.82) is 0 Å². The molecule has 0 aromatic carbocycles. The van der Waals surface area contributed by atoms with E-state index in [-0.39, 0.29) is 0 Å². The highest BCUT2D eigenvalue weighted by Gasteiger charge is 2.19. The highest BCUT2D eigenvalue weighted by atomic mass is 127. The summed E-state index contributed by atoms with van der Waals surface area (Å²) in [7, 11) is 2.50. The number of ether oxygens (including phenoxy) is 2. The largest absolute Gasteiger partial charge is 0.467 e. The fourth-order valence-corrected chi connectivity index (χ4v) is 1.08. The SMILES string of the molecule is COC(=O)N[C@@H](CI)C(=O)OC. The molecule has 70 valence electrons. The second-order valence-corrected chi connectivity index (χ2v) is 2.75. The van der Waals surface area contributed by atoms with Crippen molar-refractivity contribution >= 4 is 34.7 Å². The molecular formula is C6H10INO4. The van der Waals surface area contributed by atoms with Crippen LogP contribution in [-0.2, 0) is 14.3 Å². The van der Waals surface area contributed by atoms with Gasteiger partial charge in [0.15, 0.2) is 0 Å². The summed E-state index contributed by atoms with van der Waals surface area (Å²) in [6.07, 6.45) is -0.637. The maximum Gasteiger partial charge on any atom is 0.407 e. The van der Waals surface area contributed by atoms with Gasteiger partial charge in [0.1, 0.15) is 6.04 Å². The predicted octanol–water partition coefficient (Wildman–Crippen LogP) is 0.319. The Morgan fingerprint density at radius 1 is 1.42 bits per heavy atom. The first-order valence-corrected chi connectivity index (χ1v) is 4.66. The predicted molar refractivity (Wildman–Crippen MR) is 50.2 cm³/mol. The van der Waals surface area contributed by atoms with E-state index in [1.54, 1.807) is 0 Å².